The number of anilines is 1. The van der Waals surface area contributed by atoms with Crippen LogP contribution in [0.2, 0.25) is 0 Å². The van der Waals surface area contributed by atoms with Crippen molar-refractivity contribution < 1.29 is 14.3 Å². The van der Waals surface area contributed by atoms with Crippen molar-refractivity contribution in [3.8, 4) is 28.4 Å². The van der Waals surface area contributed by atoms with E-state index < -0.39 is 0 Å². The lowest BCUT2D eigenvalue weighted by Gasteiger charge is -2.09. The molecule has 0 unspecified atom stereocenters. The smallest absolute Gasteiger partial charge is 0.259 e. The van der Waals surface area contributed by atoms with E-state index in [9.17, 15) is 4.79 Å². The predicted molar refractivity (Wildman–Crippen MR) is 142 cm³/mol. The van der Waals surface area contributed by atoms with Gasteiger partial charge >= 0.3 is 0 Å². The number of aryl methyl sites for hydroxylation is 2. The SMILES string of the molecule is COc1cccc(-c2nn(-c3ccc(C)cc3)cc2C(=O)Nc2ccc(OCc3nccn3C)cc2)c1. The molecule has 2 heterocycles. The molecule has 3 aromatic carbocycles. The molecule has 0 bridgehead atoms. The van der Waals surface area contributed by atoms with Crippen LogP contribution in [0.15, 0.2) is 91.4 Å². The van der Waals surface area contributed by atoms with E-state index in [0.717, 1.165) is 22.6 Å². The van der Waals surface area contributed by atoms with Crippen molar-refractivity contribution in [2.24, 2.45) is 7.05 Å². The fourth-order valence-electron chi connectivity index (χ4n) is 3.87. The summed E-state index contributed by atoms with van der Waals surface area (Å²) >= 11 is 0. The number of benzene rings is 3. The normalized spacial score (nSPS) is 10.8. The fourth-order valence-corrected chi connectivity index (χ4v) is 3.87. The highest BCUT2D eigenvalue weighted by Crippen LogP contribution is 2.28. The number of carbonyl (C=O) groups is 1. The van der Waals surface area contributed by atoms with Gasteiger partial charge in [0.15, 0.2) is 0 Å². The van der Waals surface area contributed by atoms with Gasteiger partial charge in [0.25, 0.3) is 5.91 Å². The minimum absolute atomic E-state index is 0.266. The van der Waals surface area contributed by atoms with E-state index in [1.54, 1.807) is 36.3 Å². The molecule has 0 atom stereocenters. The Kier molecular flexibility index (Phi) is 6.72. The monoisotopic (exact) mass is 493 g/mol. The molecule has 0 saturated heterocycles. The zero-order chi connectivity index (χ0) is 25.8. The molecule has 0 aliphatic rings. The first-order valence-electron chi connectivity index (χ1n) is 11.8. The molecule has 0 radical (unpaired) electrons. The average Bonchev–Trinajstić information content (AvgIpc) is 3.55. The number of carbonyl (C=O) groups excluding carboxylic acids is 1. The van der Waals surface area contributed by atoms with Gasteiger partial charge < -0.3 is 19.4 Å². The van der Waals surface area contributed by atoms with Crippen molar-refractivity contribution in [1.82, 2.24) is 19.3 Å². The Labute approximate surface area is 215 Å². The third kappa shape index (κ3) is 5.38. The number of ether oxygens (including phenoxy) is 2. The van der Waals surface area contributed by atoms with E-state index in [-0.39, 0.29) is 5.91 Å². The number of hydrogen-bond acceptors (Lipinski definition) is 5. The Morgan fingerprint density at radius 2 is 1.78 bits per heavy atom. The Hall–Kier alpha value is -4.85. The van der Waals surface area contributed by atoms with Crippen LogP contribution in [0.5, 0.6) is 11.5 Å². The van der Waals surface area contributed by atoms with Gasteiger partial charge in [-0.1, -0.05) is 29.8 Å². The molecule has 37 heavy (non-hydrogen) atoms. The van der Waals surface area contributed by atoms with Crippen LogP contribution in [-0.2, 0) is 13.7 Å². The van der Waals surface area contributed by atoms with Crippen LogP contribution in [0.25, 0.3) is 16.9 Å². The molecular formula is C29H27N5O3. The van der Waals surface area contributed by atoms with Crippen molar-refractivity contribution >= 4 is 11.6 Å². The van der Waals surface area contributed by atoms with E-state index in [0.29, 0.717) is 35.1 Å². The molecule has 0 fully saturated rings. The number of aromatic nitrogens is 4. The highest BCUT2D eigenvalue weighted by molar-refractivity contribution is 6.08. The topological polar surface area (TPSA) is 83.2 Å². The van der Waals surface area contributed by atoms with Crippen LogP contribution in [-0.4, -0.2) is 32.3 Å². The standard InChI is InChI=1S/C29H27N5O3/c1-20-7-11-23(12-8-20)34-18-26(28(32-34)21-5-4-6-25(17-21)36-3)29(35)31-22-9-13-24(14-10-22)37-19-27-30-15-16-33(27)2/h4-18H,19H2,1-3H3,(H,31,35). The maximum Gasteiger partial charge on any atom is 0.259 e. The van der Waals surface area contributed by atoms with Gasteiger partial charge in [-0.05, 0) is 55.5 Å². The molecular weight excluding hydrogens is 466 g/mol. The summed E-state index contributed by atoms with van der Waals surface area (Å²) in [5.41, 5.74) is 4.45. The lowest BCUT2D eigenvalue weighted by atomic mass is 10.1. The lowest BCUT2D eigenvalue weighted by molar-refractivity contribution is 0.102. The number of imidazole rings is 1. The van der Waals surface area contributed by atoms with Crippen LogP contribution in [0.3, 0.4) is 0 Å². The summed E-state index contributed by atoms with van der Waals surface area (Å²) in [5, 5.41) is 7.74. The quantitative estimate of drug-likeness (QED) is 0.312. The van der Waals surface area contributed by atoms with E-state index in [1.807, 2.05) is 85.4 Å². The Morgan fingerprint density at radius 1 is 1.00 bits per heavy atom. The summed E-state index contributed by atoms with van der Waals surface area (Å²) in [5.74, 6) is 1.94. The van der Waals surface area contributed by atoms with Gasteiger partial charge in [0.05, 0.1) is 18.4 Å². The van der Waals surface area contributed by atoms with Crippen molar-refractivity contribution in [3.05, 3.63) is 108 Å². The summed E-state index contributed by atoms with van der Waals surface area (Å²) in [6.45, 7) is 2.39. The van der Waals surface area contributed by atoms with Crippen LogP contribution < -0.4 is 14.8 Å². The summed E-state index contributed by atoms with van der Waals surface area (Å²) in [6, 6.07) is 22.7. The van der Waals surface area contributed by atoms with Crippen LogP contribution >= 0.6 is 0 Å². The molecule has 0 aliphatic heterocycles. The second-order valence-electron chi connectivity index (χ2n) is 8.63. The maximum atomic E-state index is 13.4. The highest BCUT2D eigenvalue weighted by Gasteiger charge is 2.19. The molecule has 186 valence electrons. The average molecular weight is 494 g/mol. The first-order chi connectivity index (χ1) is 18.0. The number of nitrogens with zero attached hydrogens (tertiary/aromatic N) is 4. The van der Waals surface area contributed by atoms with Crippen molar-refractivity contribution in [1.29, 1.82) is 0 Å². The zero-order valence-corrected chi connectivity index (χ0v) is 20.9. The second kappa shape index (κ2) is 10.4. The minimum Gasteiger partial charge on any atom is -0.497 e. The summed E-state index contributed by atoms with van der Waals surface area (Å²) in [6.07, 6.45) is 5.36. The van der Waals surface area contributed by atoms with Gasteiger partial charge in [-0.3, -0.25) is 4.79 Å². The van der Waals surface area contributed by atoms with Crippen LogP contribution in [0.1, 0.15) is 21.7 Å². The molecule has 2 aromatic heterocycles. The number of hydrogen-bond donors (Lipinski definition) is 1. The van der Waals surface area contributed by atoms with E-state index in [1.165, 1.54) is 0 Å². The molecule has 0 saturated carbocycles. The highest BCUT2D eigenvalue weighted by atomic mass is 16.5. The minimum atomic E-state index is -0.266. The van der Waals surface area contributed by atoms with Crippen molar-refractivity contribution in [3.63, 3.8) is 0 Å². The Morgan fingerprint density at radius 3 is 2.49 bits per heavy atom. The third-order valence-corrected chi connectivity index (χ3v) is 6.00. The van der Waals surface area contributed by atoms with Gasteiger partial charge in [-0.15, -0.1) is 0 Å². The molecule has 1 amide bonds. The number of amides is 1. The molecule has 5 rings (SSSR count). The third-order valence-electron chi connectivity index (χ3n) is 6.00. The summed E-state index contributed by atoms with van der Waals surface area (Å²) < 4.78 is 14.8. The van der Waals surface area contributed by atoms with Gasteiger partial charge in [0.2, 0.25) is 0 Å². The first-order valence-corrected chi connectivity index (χ1v) is 11.8. The van der Waals surface area contributed by atoms with Gasteiger partial charge in [0, 0.05) is 36.9 Å². The fraction of sp³-hybridized carbons (Fsp3) is 0.138. The lowest BCUT2D eigenvalue weighted by Crippen LogP contribution is -2.12. The Bertz CT molecular complexity index is 1520. The van der Waals surface area contributed by atoms with Crippen molar-refractivity contribution in [2.45, 2.75) is 13.5 Å². The van der Waals surface area contributed by atoms with E-state index in [4.69, 9.17) is 14.6 Å². The van der Waals surface area contributed by atoms with Gasteiger partial charge in [-0.2, -0.15) is 5.10 Å². The van der Waals surface area contributed by atoms with E-state index in [2.05, 4.69) is 10.3 Å². The zero-order valence-electron chi connectivity index (χ0n) is 20.9. The summed E-state index contributed by atoms with van der Waals surface area (Å²) in [7, 11) is 3.53. The summed E-state index contributed by atoms with van der Waals surface area (Å²) in [4.78, 5) is 17.7. The maximum absolute atomic E-state index is 13.4. The van der Waals surface area contributed by atoms with Crippen LogP contribution in [0.4, 0.5) is 5.69 Å². The molecule has 8 nitrogen and oxygen atoms in total. The van der Waals surface area contributed by atoms with E-state index >= 15 is 0 Å². The number of rotatable bonds is 8. The number of methoxy groups -OCH3 is 1. The Balaban J connectivity index is 1.39. The molecule has 1 N–H and O–H groups in total. The largest absolute Gasteiger partial charge is 0.497 e. The number of nitrogens with one attached hydrogen (secondary N) is 1. The molecule has 5 aromatic rings. The first kappa shape index (κ1) is 23.9. The predicted octanol–water partition coefficient (Wildman–Crippen LogP) is 5.42. The van der Waals surface area contributed by atoms with Gasteiger partial charge in [0.1, 0.15) is 29.6 Å². The van der Waals surface area contributed by atoms with Crippen molar-refractivity contribution in [2.75, 3.05) is 12.4 Å². The second-order valence-corrected chi connectivity index (χ2v) is 8.63. The molecule has 0 spiro atoms. The van der Waals surface area contributed by atoms with Gasteiger partial charge in [-0.25, -0.2) is 9.67 Å². The molecule has 0 aliphatic carbocycles. The molecule has 8 heteroatoms. The van der Waals surface area contributed by atoms with Crippen LogP contribution in [0, 0.1) is 6.92 Å².